The molecule has 1 aromatic carbocycles. The van der Waals surface area contributed by atoms with Gasteiger partial charge in [-0.15, -0.1) is 0 Å². The number of pyridine rings is 2. The van der Waals surface area contributed by atoms with E-state index < -0.39 is 11.6 Å². The van der Waals surface area contributed by atoms with Crippen LogP contribution < -0.4 is 10.3 Å². The number of carbonyl (C=O) groups is 1. The predicted octanol–water partition coefficient (Wildman–Crippen LogP) is 5.61. The summed E-state index contributed by atoms with van der Waals surface area (Å²) in [5.74, 6) is 0.855. The third-order valence-electron chi connectivity index (χ3n) is 6.13. The number of ether oxygens (including phenoxy) is 1. The molecular formula is C27H35N3O4. The zero-order valence-electron chi connectivity index (χ0n) is 21.2. The van der Waals surface area contributed by atoms with Crippen LogP contribution in [-0.2, 0) is 7.05 Å². The molecular weight excluding hydrogens is 430 g/mol. The Morgan fingerprint density at radius 1 is 1.29 bits per heavy atom. The predicted molar refractivity (Wildman–Crippen MR) is 138 cm³/mol. The van der Waals surface area contributed by atoms with Crippen LogP contribution in [0.5, 0.6) is 5.75 Å². The average Bonchev–Trinajstić information content (AvgIpc) is 2.73. The van der Waals surface area contributed by atoms with Crippen LogP contribution in [0.25, 0.3) is 27.8 Å². The summed E-state index contributed by atoms with van der Waals surface area (Å²) in [6.45, 7) is 15.8. The van der Waals surface area contributed by atoms with Crippen LogP contribution in [-0.4, -0.2) is 43.8 Å². The lowest BCUT2D eigenvalue weighted by Gasteiger charge is -2.40. The number of amides is 1. The monoisotopic (exact) mass is 465 g/mol. The van der Waals surface area contributed by atoms with E-state index in [4.69, 9.17) is 4.74 Å². The Morgan fingerprint density at radius 2 is 1.97 bits per heavy atom. The quantitative estimate of drug-likeness (QED) is 0.459. The highest BCUT2D eigenvalue weighted by Crippen LogP contribution is 2.32. The first kappa shape index (κ1) is 25.3. The number of nitrogens with zero attached hydrogens (tertiary/aromatic N) is 3. The van der Waals surface area contributed by atoms with E-state index in [1.165, 1.54) is 4.90 Å². The first-order valence-corrected chi connectivity index (χ1v) is 11.6. The van der Waals surface area contributed by atoms with Gasteiger partial charge in [0.2, 0.25) is 0 Å². The van der Waals surface area contributed by atoms with Crippen molar-refractivity contribution in [1.82, 2.24) is 14.5 Å². The highest BCUT2D eigenvalue weighted by Gasteiger charge is 2.34. The van der Waals surface area contributed by atoms with Crippen LogP contribution in [0.2, 0.25) is 0 Å². The average molecular weight is 466 g/mol. The van der Waals surface area contributed by atoms with Gasteiger partial charge >= 0.3 is 6.09 Å². The van der Waals surface area contributed by atoms with E-state index in [2.05, 4.69) is 25.4 Å². The fourth-order valence-electron chi connectivity index (χ4n) is 4.67. The van der Waals surface area contributed by atoms with Gasteiger partial charge in [0.15, 0.2) is 0 Å². The van der Waals surface area contributed by atoms with Gasteiger partial charge in [0, 0.05) is 35.8 Å². The molecule has 7 nitrogen and oxygen atoms in total. The highest BCUT2D eigenvalue weighted by molar-refractivity contribution is 6.07. The van der Waals surface area contributed by atoms with Gasteiger partial charge in [0.05, 0.1) is 22.6 Å². The molecule has 0 saturated carbocycles. The Hall–Kier alpha value is -3.35. The van der Waals surface area contributed by atoms with Crippen LogP contribution in [0.1, 0.15) is 52.3 Å². The third-order valence-corrected chi connectivity index (χ3v) is 6.13. The maximum Gasteiger partial charge on any atom is 0.408 e. The molecule has 0 bridgehead atoms. The molecule has 3 aromatic rings. The van der Waals surface area contributed by atoms with E-state index in [0.29, 0.717) is 23.3 Å². The molecule has 0 aliphatic carbocycles. The molecule has 0 unspecified atom stereocenters. The molecule has 1 N–H and O–H groups in total. The Labute approximate surface area is 200 Å². The second kappa shape index (κ2) is 9.49. The standard InChI is InChI=1S/C27H35N3O4/c1-9-18-13-21-20-10-11-28-17(4)24(20)25(31)29(8)22(21)14-23(18)34-15-19(12-16(2)3)30(26(32)33)27(5,6)7/h9-11,13-14,16,19H,1,12,15H2,2-8H3,(H,32,33)/t19-/m0/s1. The summed E-state index contributed by atoms with van der Waals surface area (Å²) in [5.41, 5.74) is 1.51. The summed E-state index contributed by atoms with van der Waals surface area (Å²) >= 11 is 0. The lowest BCUT2D eigenvalue weighted by molar-refractivity contribution is 0.0434. The van der Waals surface area contributed by atoms with E-state index in [1.54, 1.807) is 23.9 Å². The Balaban J connectivity index is 2.11. The van der Waals surface area contributed by atoms with Crippen LogP contribution in [0.3, 0.4) is 0 Å². The largest absolute Gasteiger partial charge is 0.491 e. The van der Waals surface area contributed by atoms with E-state index in [1.807, 2.05) is 45.9 Å². The Morgan fingerprint density at radius 3 is 2.53 bits per heavy atom. The van der Waals surface area contributed by atoms with E-state index >= 15 is 0 Å². The van der Waals surface area contributed by atoms with Gasteiger partial charge in [-0.25, -0.2) is 4.79 Å². The molecule has 1 atom stereocenters. The molecule has 0 aliphatic heterocycles. The number of hydrogen-bond acceptors (Lipinski definition) is 4. The summed E-state index contributed by atoms with van der Waals surface area (Å²) in [4.78, 5) is 31.0. The van der Waals surface area contributed by atoms with Crippen molar-refractivity contribution in [3.05, 3.63) is 52.6 Å². The fraction of sp³-hybridized carbons (Fsp3) is 0.444. The molecule has 1 amide bonds. The highest BCUT2D eigenvalue weighted by atomic mass is 16.5. The number of aryl methyl sites for hydroxylation is 2. The number of rotatable bonds is 7. The van der Waals surface area contributed by atoms with Crippen molar-refractivity contribution in [2.45, 2.75) is 59.5 Å². The minimum atomic E-state index is -0.970. The zero-order valence-corrected chi connectivity index (χ0v) is 21.2. The molecule has 182 valence electrons. The lowest BCUT2D eigenvalue weighted by atomic mass is 9.97. The second-order valence-electron chi connectivity index (χ2n) is 10.2. The normalized spacial score (nSPS) is 12.8. The third kappa shape index (κ3) is 4.79. The molecule has 3 rings (SSSR count). The van der Waals surface area contributed by atoms with Crippen molar-refractivity contribution in [2.24, 2.45) is 13.0 Å². The second-order valence-corrected chi connectivity index (χ2v) is 10.2. The SMILES string of the molecule is C=Cc1cc2c3ccnc(C)c3c(=O)n(C)c2cc1OC[C@H](CC(C)C)N(C(=O)O)C(C)(C)C. The van der Waals surface area contributed by atoms with E-state index in [9.17, 15) is 14.7 Å². The van der Waals surface area contributed by atoms with Crippen molar-refractivity contribution < 1.29 is 14.6 Å². The number of hydrogen-bond donors (Lipinski definition) is 1. The molecule has 0 aliphatic rings. The number of aromatic nitrogens is 2. The van der Waals surface area contributed by atoms with E-state index in [0.717, 1.165) is 21.9 Å². The van der Waals surface area contributed by atoms with Gasteiger partial charge in [0.1, 0.15) is 12.4 Å². The molecule has 0 spiro atoms. The van der Waals surface area contributed by atoms with Crippen molar-refractivity contribution >= 4 is 33.8 Å². The summed E-state index contributed by atoms with van der Waals surface area (Å²) < 4.78 is 7.86. The van der Waals surface area contributed by atoms with Crippen molar-refractivity contribution in [1.29, 1.82) is 0 Å². The molecule has 7 heteroatoms. The summed E-state index contributed by atoms with van der Waals surface area (Å²) in [6, 6.07) is 5.33. The molecule has 0 saturated heterocycles. The Bertz CT molecular complexity index is 1300. The maximum atomic E-state index is 13.1. The topological polar surface area (TPSA) is 84.7 Å². The smallest absolute Gasteiger partial charge is 0.408 e. The van der Waals surface area contributed by atoms with E-state index in [-0.39, 0.29) is 24.1 Å². The summed E-state index contributed by atoms with van der Waals surface area (Å²) in [5, 5.41) is 12.3. The minimum Gasteiger partial charge on any atom is -0.491 e. The summed E-state index contributed by atoms with van der Waals surface area (Å²) in [7, 11) is 1.74. The number of fused-ring (bicyclic) bond motifs is 3. The molecule has 34 heavy (non-hydrogen) atoms. The van der Waals surface area contributed by atoms with Crippen LogP contribution >= 0.6 is 0 Å². The van der Waals surface area contributed by atoms with Gasteiger partial charge in [-0.3, -0.25) is 14.7 Å². The van der Waals surface area contributed by atoms with Crippen LogP contribution in [0, 0.1) is 12.8 Å². The first-order valence-electron chi connectivity index (χ1n) is 11.6. The minimum absolute atomic E-state index is 0.118. The molecule has 2 heterocycles. The van der Waals surface area contributed by atoms with Gasteiger partial charge in [-0.1, -0.05) is 26.5 Å². The Kier molecular flexibility index (Phi) is 7.05. The maximum absolute atomic E-state index is 13.1. The van der Waals surface area contributed by atoms with Crippen LogP contribution in [0.15, 0.2) is 35.8 Å². The number of carboxylic acid groups (broad SMARTS) is 1. The van der Waals surface area contributed by atoms with Gasteiger partial charge < -0.3 is 14.4 Å². The van der Waals surface area contributed by atoms with Crippen molar-refractivity contribution in [3.63, 3.8) is 0 Å². The molecule has 2 aromatic heterocycles. The molecule has 0 radical (unpaired) electrons. The lowest BCUT2D eigenvalue weighted by Crippen LogP contribution is -2.53. The van der Waals surface area contributed by atoms with Crippen molar-refractivity contribution in [3.8, 4) is 5.75 Å². The summed E-state index contributed by atoms with van der Waals surface area (Å²) in [6.07, 6.45) is 3.12. The van der Waals surface area contributed by atoms with Gasteiger partial charge in [-0.05, 0) is 57.6 Å². The fourth-order valence-corrected chi connectivity index (χ4v) is 4.67. The molecule has 0 fully saturated rings. The zero-order chi connectivity index (χ0) is 25.4. The van der Waals surface area contributed by atoms with Crippen molar-refractivity contribution in [2.75, 3.05) is 6.61 Å². The first-order chi connectivity index (χ1) is 15.9. The van der Waals surface area contributed by atoms with Gasteiger partial charge in [-0.2, -0.15) is 0 Å². The van der Waals surface area contributed by atoms with Crippen LogP contribution in [0.4, 0.5) is 4.79 Å². The number of benzene rings is 1. The van der Waals surface area contributed by atoms with Gasteiger partial charge in [0.25, 0.3) is 5.56 Å².